The molecule has 18 aromatic carbocycles. The Labute approximate surface area is 631 Å². The van der Waals surface area contributed by atoms with Crippen LogP contribution in [0.3, 0.4) is 0 Å². The van der Waals surface area contributed by atoms with Crippen molar-refractivity contribution in [2.75, 3.05) is 0 Å². The molecule has 0 aliphatic carbocycles. The van der Waals surface area contributed by atoms with Crippen molar-refractivity contribution < 1.29 is 8.83 Å². The average molecular weight is 1400 g/mol. The van der Waals surface area contributed by atoms with Crippen LogP contribution in [0.15, 0.2) is 397 Å². The normalized spacial score (nSPS) is 12.0. The van der Waals surface area contributed by atoms with Crippen LogP contribution in [0.1, 0.15) is 0 Å². The van der Waals surface area contributed by atoms with Gasteiger partial charge in [-0.3, -0.25) is 0 Å². The largest absolute Gasteiger partial charge is 0.456 e. The number of fused-ring (bicyclic) bond motifs is 20. The number of aromatic nitrogens is 4. The predicted molar refractivity (Wildman–Crippen MR) is 462 cm³/mol. The number of hydrogen-bond acceptors (Lipinski definition) is 2. The monoisotopic (exact) mass is 1400 g/mol. The van der Waals surface area contributed by atoms with E-state index < -0.39 is 0 Å². The molecule has 0 spiro atoms. The minimum atomic E-state index is 0.901. The Balaban J connectivity index is 0.000000132. The number of rotatable bonds is 8. The van der Waals surface area contributed by atoms with Crippen LogP contribution < -0.4 is 0 Å². The predicted octanol–water partition coefficient (Wildman–Crippen LogP) is 28.5. The average Bonchev–Trinajstić information content (AvgIpc) is 1.58. The third kappa shape index (κ3) is 9.56. The second-order valence-corrected chi connectivity index (χ2v) is 29.0. The maximum Gasteiger partial charge on any atom is 0.136 e. The number of nitrogens with zero attached hydrogens (tertiary/aromatic N) is 4. The highest BCUT2D eigenvalue weighted by atomic mass is 16.3. The molecule has 0 saturated carbocycles. The molecule has 0 aliphatic rings. The van der Waals surface area contributed by atoms with Crippen LogP contribution in [0.5, 0.6) is 0 Å². The first kappa shape index (κ1) is 61.6. The fourth-order valence-electron chi connectivity index (χ4n) is 18.1. The highest BCUT2D eigenvalue weighted by molar-refractivity contribution is 6.18. The molecular weight excluding hydrogens is 1340 g/mol. The van der Waals surface area contributed by atoms with Crippen molar-refractivity contribution in [2.24, 2.45) is 0 Å². The lowest BCUT2D eigenvalue weighted by Crippen LogP contribution is -1.97. The summed E-state index contributed by atoms with van der Waals surface area (Å²) in [7, 11) is 0. The summed E-state index contributed by atoms with van der Waals surface area (Å²) in [4.78, 5) is 0. The van der Waals surface area contributed by atoms with E-state index in [9.17, 15) is 0 Å². The lowest BCUT2D eigenvalue weighted by atomic mass is 9.97. The molecule has 6 nitrogen and oxygen atoms in total. The van der Waals surface area contributed by atoms with Crippen molar-refractivity contribution in [1.82, 2.24) is 18.3 Å². The molecule has 512 valence electrons. The standard InChI is InChI=1S/2C52H32N2O/c1-2-13-34-30-37(27-24-33(34)12-1)53-45-19-7-4-15-39(45)43-31-35(25-28-48(43)53)36-26-29-49-44(32-36)40-16-5-9-21-47(40)54(49)46-20-8-3-14-38(46)41-18-11-23-51-52(41)42-17-6-10-22-50(42)55-51;1-2-12-34-29-39(26-23-33(34)11-1)54-47-20-7-4-16-42(47)45-32-36(25-28-49(45)54)35-24-27-48-44(31-35)41-15-3-6-19-46(41)53(48)38-14-9-13-37(30-38)40-18-10-22-51-52(40)43-17-5-8-21-50(43)55-51/h2*1-32H. The van der Waals surface area contributed by atoms with Gasteiger partial charge in [0.05, 0.1) is 49.8 Å². The summed E-state index contributed by atoms with van der Waals surface area (Å²) in [5.74, 6) is 0. The van der Waals surface area contributed by atoms with Gasteiger partial charge in [0.1, 0.15) is 22.3 Å². The molecule has 0 aliphatic heterocycles. The van der Waals surface area contributed by atoms with E-state index in [0.29, 0.717) is 0 Å². The molecule has 0 bridgehead atoms. The highest BCUT2D eigenvalue weighted by Gasteiger charge is 2.23. The third-order valence-corrected chi connectivity index (χ3v) is 23.0. The topological polar surface area (TPSA) is 46.0 Å². The fraction of sp³-hybridized carbons (Fsp3) is 0. The van der Waals surface area contributed by atoms with Crippen molar-refractivity contribution in [3.8, 4) is 67.3 Å². The number of benzene rings is 18. The van der Waals surface area contributed by atoms with E-state index in [0.717, 1.165) is 66.4 Å². The van der Waals surface area contributed by atoms with Crippen LogP contribution in [0.25, 0.3) is 220 Å². The van der Waals surface area contributed by atoms with Crippen molar-refractivity contribution in [3.05, 3.63) is 388 Å². The molecule has 0 atom stereocenters. The van der Waals surface area contributed by atoms with Gasteiger partial charge >= 0.3 is 0 Å². The van der Waals surface area contributed by atoms with Gasteiger partial charge in [-0.05, 0) is 200 Å². The van der Waals surface area contributed by atoms with Gasteiger partial charge in [-0.1, -0.05) is 249 Å². The maximum atomic E-state index is 6.32. The fourth-order valence-corrected chi connectivity index (χ4v) is 18.1. The Morgan fingerprint density at radius 1 is 0.164 bits per heavy atom. The zero-order valence-electron chi connectivity index (χ0n) is 59.6. The second kappa shape index (κ2) is 24.4. The van der Waals surface area contributed by atoms with Crippen LogP contribution in [0.2, 0.25) is 0 Å². The van der Waals surface area contributed by atoms with Crippen molar-refractivity contribution in [1.29, 1.82) is 0 Å². The Morgan fingerprint density at radius 2 is 0.491 bits per heavy atom. The summed E-state index contributed by atoms with van der Waals surface area (Å²) in [6, 6.07) is 141. The van der Waals surface area contributed by atoms with Gasteiger partial charge in [0.15, 0.2) is 0 Å². The molecule has 24 rings (SSSR count). The molecule has 0 fully saturated rings. The summed E-state index contributed by atoms with van der Waals surface area (Å²) in [6.07, 6.45) is 0. The minimum absolute atomic E-state index is 0.901. The van der Waals surface area contributed by atoms with Crippen LogP contribution in [-0.4, -0.2) is 18.3 Å². The van der Waals surface area contributed by atoms with E-state index in [2.05, 4.69) is 388 Å². The summed E-state index contributed by atoms with van der Waals surface area (Å²) < 4.78 is 22.2. The van der Waals surface area contributed by atoms with Crippen molar-refractivity contribution >= 4 is 153 Å². The molecule has 0 unspecified atom stereocenters. The molecule has 0 saturated heterocycles. The first-order valence-corrected chi connectivity index (χ1v) is 37.7. The van der Waals surface area contributed by atoms with Gasteiger partial charge in [0.25, 0.3) is 0 Å². The molecule has 6 heteroatoms. The number of para-hydroxylation sites is 7. The lowest BCUT2D eigenvalue weighted by molar-refractivity contribution is 0.668. The number of hydrogen-bond donors (Lipinski definition) is 0. The highest BCUT2D eigenvalue weighted by Crippen LogP contribution is 2.46. The summed E-state index contributed by atoms with van der Waals surface area (Å²) in [6.45, 7) is 0. The second-order valence-electron chi connectivity index (χ2n) is 29.0. The van der Waals surface area contributed by atoms with E-state index >= 15 is 0 Å². The summed E-state index contributed by atoms with van der Waals surface area (Å²) >= 11 is 0. The molecular formula is C104H64N4O2. The van der Waals surface area contributed by atoms with Gasteiger partial charge in [0, 0.05) is 87.3 Å². The smallest absolute Gasteiger partial charge is 0.136 e. The van der Waals surface area contributed by atoms with Crippen LogP contribution >= 0.6 is 0 Å². The van der Waals surface area contributed by atoms with E-state index in [1.54, 1.807) is 0 Å². The molecule has 110 heavy (non-hydrogen) atoms. The van der Waals surface area contributed by atoms with Gasteiger partial charge in [-0.15, -0.1) is 0 Å². The quantitative estimate of drug-likeness (QED) is 0.152. The van der Waals surface area contributed by atoms with Crippen LogP contribution in [0, 0.1) is 0 Å². The van der Waals surface area contributed by atoms with Gasteiger partial charge in [-0.2, -0.15) is 0 Å². The number of furan rings is 2. The third-order valence-electron chi connectivity index (χ3n) is 23.0. The van der Waals surface area contributed by atoms with Crippen molar-refractivity contribution in [3.63, 3.8) is 0 Å². The molecule has 6 aromatic heterocycles. The SMILES string of the molecule is c1cc(-c2cccc3oc4ccccc4c23)cc(-n2c3ccccc3c3cc(-c4ccc5c(c4)c4ccccc4n5-c4ccc5ccccc5c4)ccc32)c1.c1ccc(-n2c3ccccc3c3cc(-c4ccc5c(c4)c4ccccc4n5-c4ccc5ccccc5c4)ccc32)c(-c2cccc3oc4ccccc4c23)c1. The van der Waals surface area contributed by atoms with E-state index in [4.69, 9.17) is 8.83 Å². The van der Waals surface area contributed by atoms with Crippen molar-refractivity contribution in [2.45, 2.75) is 0 Å². The van der Waals surface area contributed by atoms with E-state index in [-0.39, 0.29) is 0 Å². The zero-order valence-corrected chi connectivity index (χ0v) is 59.6. The Morgan fingerprint density at radius 3 is 0.964 bits per heavy atom. The van der Waals surface area contributed by atoms with Gasteiger partial charge < -0.3 is 27.1 Å². The Bertz CT molecular complexity index is 7940. The first-order chi connectivity index (χ1) is 54.5. The lowest BCUT2D eigenvalue weighted by Gasteiger charge is -2.15. The summed E-state index contributed by atoms with van der Waals surface area (Å²) in [5, 5.41) is 19.5. The maximum absolute atomic E-state index is 6.32. The molecule has 24 aromatic rings. The first-order valence-electron chi connectivity index (χ1n) is 37.7. The van der Waals surface area contributed by atoms with E-state index in [1.807, 2.05) is 18.2 Å². The van der Waals surface area contributed by atoms with Crippen LogP contribution in [0.4, 0.5) is 0 Å². The molecule has 0 radical (unpaired) electrons. The molecule has 0 N–H and O–H groups in total. The van der Waals surface area contributed by atoms with Crippen LogP contribution in [-0.2, 0) is 0 Å². The minimum Gasteiger partial charge on any atom is -0.456 e. The molecule has 0 amide bonds. The van der Waals surface area contributed by atoms with Gasteiger partial charge in [0.2, 0.25) is 0 Å². The van der Waals surface area contributed by atoms with Gasteiger partial charge in [-0.25, -0.2) is 0 Å². The Hall–Kier alpha value is -14.7. The van der Waals surface area contributed by atoms with E-state index in [1.165, 1.54) is 154 Å². The summed E-state index contributed by atoms with van der Waals surface area (Å²) in [5.41, 5.74) is 27.3. The zero-order chi connectivity index (χ0) is 72.1. The Kier molecular flexibility index (Phi) is 13.7. The molecule has 6 heterocycles.